The number of piperidine rings is 1. The van der Waals surface area contributed by atoms with Crippen LogP contribution in [0.25, 0.3) is 0 Å². The van der Waals surface area contributed by atoms with Gasteiger partial charge in [-0.15, -0.1) is 0 Å². The van der Waals surface area contributed by atoms with Crippen LogP contribution in [0.1, 0.15) is 50.8 Å². The third kappa shape index (κ3) is 3.67. The summed E-state index contributed by atoms with van der Waals surface area (Å²) in [5, 5.41) is 0. The number of hydrogen-bond donors (Lipinski definition) is 2. The average molecular weight is 430 g/mol. The highest BCUT2D eigenvalue weighted by atomic mass is 32.2. The van der Waals surface area contributed by atoms with Gasteiger partial charge in [-0.1, -0.05) is 24.3 Å². The van der Waals surface area contributed by atoms with Crippen LogP contribution in [0.2, 0.25) is 0 Å². The van der Waals surface area contributed by atoms with Gasteiger partial charge in [-0.05, 0) is 56.6 Å². The van der Waals surface area contributed by atoms with Crippen LogP contribution in [0.4, 0.5) is 11.8 Å². The lowest BCUT2D eigenvalue weighted by Crippen LogP contribution is -2.48. The number of hydrogen-bond acceptors (Lipinski definition) is 5. The Bertz CT molecular complexity index is 1030. The molecule has 1 unspecified atom stereocenters. The van der Waals surface area contributed by atoms with Crippen molar-refractivity contribution in [1.29, 1.82) is 0 Å². The summed E-state index contributed by atoms with van der Waals surface area (Å²) in [7, 11) is 0.578. The molecule has 8 heteroatoms. The molecule has 2 atom stereocenters. The summed E-state index contributed by atoms with van der Waals surface area (Å²) in [5.41, 5.74) is 8.28. The minimum Gasteiger partial charge on any atom is -0.383 e. The summed E-state index contributed by atoms with van der Waals surface area (Å²) in [4.78, 5) is 18.7. The number of aromatic nitrogens is 2. The Kier molecular flexibility index (Phi) is 5.26. The highest BCUT2D eigenvalue weighted by Gasteiger charge is 2.49. The largest absolute Gasteiger partial charge is 0.383 e. The molecular weight excluding hydrogens is 398 g/mol. The van der Waals surface area contributed by atoms with E-state index >= 15 is 0 Å². The number of nitrogens with one attached hydrogen (secondary N) is 1. The summed E-state index contributed by atoms with van der Waals surface area (Å²) >= 11 is 0. The van der Waals surface area contributed by atoms with E-state index in [0.29, 0.717) is 5.95 Å². The first-order valence-corrected chi connectivity index (χ1v) is 11.6. The molecule has 2 aromatic rings. The fourth-order valence-corrected chi connectivity index (χ4v) is 5.65. The monoisotopic (exact) mass is 429 g/mol. The van der Waals surface area contributed by atoms with Gasteiger partial charge in [-0.2, -0.15) is 4.98 Å². The van der Waals surface area contributed by atoms with Crippen molar-refractivity contribution in [3.8, 4) is 0 Å². The SMILES string of the molecule is Cn1c(N2CCC3(CC2)Cc2ccccc2[C@H]3NS(=O)C(C)(C)C)nc(N)cc1=O. The second kappa shape index (κ2) is 7.50. The summed E-state index contributed by atoms with van der Waals surface area (Å²) in [5.74, 6) is 0.870. The zero-order chi connectivity index (χ0) is 21.7. The normalized spacial score (nSPS) is 21.6. The van der Waals surface area contributed by atoms with Gasteiger partial charge >= 0.3 is 0 Å². The van der Waals surface area contributed by atoms with E-state index in [2.05, 4.69) is 38.9 Å². The van der Waals surface area contributed by atoms with Crippen LogP contribution in [-0.4, -0.2) is 31.6 Å². The van der Waals surface area contributed by atoms with Crippen molar-refractivity contribution in [2.75, 3.05) is 23.7 Å². The van der Waals surface area contributed by atoms with Crippen molar-refractivity contribution in [2.45, 2.75) is 50.8 Å². The van der Waals surface area contributed by atoms with Gasteiger partial charge in [0.2, 0.25) is 5.95 Å². The Morgan fingerprint density at radius 1 is 1.23 bits per heavy atom. The van der Waals surface area contributed by atoms with E-state index in [1.807, 2.05) is 20.8 Å². The van der Waals surface area contributed by atoms with Crippen LogP contribution in [-0.2, 0) is 24.5 Å². The number of nitrogens with zero attached hydrogens (tertiary/aromatic N) is 3. The van der Waals surface area contributed by atoms with Crippen molar-refractivity contribution >= 4 is 22.8 Å². The molecule has 3 N–H and O–H groups in total. The summed E-state index contributed by atoms with van der Waals surface area (Å²) in [6.45, 7) is 7.55. The predicted molar refractivity (Wildman–Crippen MR) is 122 cm³/mol. The molecule has 0 bridgehead atoms. The molecule has 162 valence electrons. The molecule has 1 spiro atoms. The highest BCUT2D eigenvalue weighted by Crippen LogP contribution is 2.52. The van der Waals surface area contributed by atoms with Gasteiger partial charge in [-0.3, -0.25) is 9.36 Å². The van der Waals surface area contributed by atoms with Gasteiger partial charge in [0.25, 0.3) is 5.56 Å². The Balaban J connectivity index is 1.61. The van der Waals surface area contributed by atoms with Gasteiger partial charge in [0.05, 0.1) is 21.8 Å². The number of rotatable bonds is 3. The average Bonchev–Trinajstić information content (AvgIpc) is 2.98. The van der Waals surface area contributed by atoms with Crippen molar-refractivity contribution in [1.82, 2.24) is 14.3 Å². The van der Waals surface area contributed by atoms with Crippen LogP contribution in [0.5, 0.6) is 0 Å². The summed E-state index contributed by atoms with van der Waals surface area (Å²) in [6, 6.07) is 9.90. The number of nitrogen functional groups attached to an aromatic ring is 1. The van der Waals surface area contributed by atoms with E-state index in [1.54, 1.807) is 11.6 Å². The van der Waals surface area contributed by atoms with Crippen LogP contribution in [0.15, 0.2) is 35.1 Å². The maximum atomic E-state index is 13.0. The first-order valence-electron chi connectivity index (χ1n) is 10.5. The molecule has 30 heavy (non-hydrogen) atoms. The van der Waals surface area contributed by atoms with Crippen LogP contribution >= 0.6 is 0 Å². The molecule has 1 aliphatic carbocycles. The third-order valence-corrected chi connectivity index (χ3v) is 8.04. The minimum atomic E-state index is -1.15. The van der Waals surface area contributed by atoms with Crippen LogP contribution in [0, 0.1) is 5.41 Å². The molecule has 0 saturated carbocycles. The van der Waals surface area contributed by atoms with Gasteiger partial charge in [0.1, 0.15) is 5.82 Å². The first kappa shape index (κ1) is 21.1. The predicted octanol–water partition coefficient (Wildman–Crippen LogP) is 2.30. The Morgan fingerprint density at radius 3 is 2.57 bits per heavy atom. The molecule has 1 aromatic heterocycles. The molecule has 2 aliphatic rings. The second-order valence-corrected chi connectivity index (χ2v) is 11.5. The quantitative estimate of drug-likeness (QED) is 0.781. The van der Waals surface area contributed by atoms with Crippen molar-refractivity contribution < 1.29 is 4.21 Å². The molecule has 1 fully saturated rings. The smallest absolute Gasteiger partial charge is 0.256 e. The molecule has 0 amide bonds. The second-order valence-electron chi connectivity index (χ2n) is 9.54. The summed E-state index contributed by atoms with van der Waals surface area (Å²) in [6.07, 6.45) is 2.82. The summed E-state index contributed by atoms with van der Waals surface area (Å²) < 4.78 is 17.7. The van der Waals surface area contributed by atoms with E-state index < -0.39 is 11.0 Å². The maximum Gasteiger partial charge on any atom is 0.256 e. The van der Waals surface area contributed by atoms with Gasteiger partial charge in [-0.25, -0.2) is 8.93 Å². The molecule has 1 aromatic carbocycles. The fraction of sp³-hybridized carbons (Fsp3) is 0.545. The van der Waals surface area contributed by atoms with Crippen molar-refractivity contribution in [2.24, 2.45) is 12.5 Å². The zero-order valence-corrected chi connectivity index (χ0v) is 19.0. The molecule has 7 nitrogen and oxygen atoms in total. The molecule has 2 heterocycles. The molecule has 1 saturated heterocycles. The first-order chi connectivity index (χ1) is 14.1. The van der Waals surface area contributed by atoms with Gasteiger partial charge < -0.3 is 10.6 Å². The van der Waals surface area contributed by atoms with E-state index in [1.165, 1.54) is 17.2 Å². The number of nitrogens with two attached hydrogens (primary N) is 1. The highest BCUT2D eigenvalue weighted by molar-refractivity contribution is 7.84. The van der Waals surface area contributed by atoms with E-state index in [-0.39, 0.29) is 27.6 Å². The Hall–Kier alpha value is -2.19. The van der Waals surface area contributed by atoms with Gasteiger partial charge in [0, 0.05) is 26.2 Å². The van der Waals surface area contributed by atoms with Crippen LogP contribution in [0.3, 0.4) is 0 Å². The number of fused-ring (bicyclic) bond motifs is 1. The van der Waals surface area contributed by atoms with E-state index in [4.69, 9.17) is 5.73 Å². The maximum absolute atomic E-state index is 13.0. The standard InChI is InChI=1S/C22H31N5O2S/c1-21(2,3)30(29)25-19-16-8-6-5-7-15(16)14-22(19)9-11-27(12-10-22)20-24-17(23)13-18(28)26(20)4/h5-8,13,19,25H,9-12,14,23H2,1-4H3/t19-,30?/m1/s1. The molecule has 0 radical (unpaired) electrons. The molecule has 1 aliphatic heterocycles. The number of benzene rings is 1. The van der Waals surface area contributed by atoms with Crippen molar-refractivity contribution in [3.63, 3.8) is 0 Å². The van der Waals surface area contributed by atoms with E-state index in [0.717, 1.165) is 32.4 Å². The Labute approximate surface area is 180 Å². The molecule has 4 rings (SSSR count). The lowest BCUT2D eigenvalue weighted by molar-refractivity contribution is 0.176. The minimum absolute atomic E-state index is 0.000285. The van der Waals surface area contributed by atoms with Gasteiger partial charge in [0.15, 0.2) is 0 Å². The zero-order valence-electron chi connectivity index (χ0n) is 18.1. The third-order valence-electron chi connectivity index (χ3n) is 6.48. The lowest BCUT2D eigenvalue weighted by Gasteiger charge is -2.44. The Morgan fingerprint density at radius 2 is 1.90 bits per heavy atom. The molecular formula is C22H31N5O2S. The topological polar surface area (TPSA) is 93.2 Å². The van der Waals surface area contributed by atoms with Crippen molar-refractivity contribution in [3.05, 3.63) is 51.8 Å². The number of anilines is 2. The van der Waals surface area contributed by atoms with Crippen LogP contribution < -0.4 is 20.9 Å². The van der Waals surface area contributed by atoms with E-state index in [9.17, 15) is 9.00 Å². The fourth-order valence-electron chi connectivity index (χ4n) is 4.71. The lowest BCUT2D eigenvalue weighted by atomic mass is 9.73.